The number of halogens is 1. The van der Waals surface area contributed by atoms with Crippen molar-refractivity contribution >= 4 is 22.5 Å². The Labute approximate surface area is 125 Å². The minimum Gasteiger partial charge on any atom is -0.383 e. The van der Waals surface area contributed by atoms with Crippen molar-refractivity contribution in [1.29, 1.82) is 0 Å². The second kappa shape index (κ2) is 7.64. The van der Waals surface area contributed by atoms with Crippen LogP contribution in [0.4, 0.5) is 0 Å². The molecule has 0 spiro atoms. The minimum atomic E-state index is 0.763. The van der Waals surface area contributed by atoms with Crippen molar-refractivity contribution in [3.05, 3.63) is 35.0 Å². The second-order valence-corrected chi connectivity index (χ2v) is 5.41. The monoisotopic (exact) mass is 295 g/mol. The lowest BCUT2D eigenvalue weighted by Gasteiger charge is -2.16. The molecule has 0 aliphatic carbocycles. The van der Waals surface area contributed by atoms with E-state index in [4.69, 9.17) is 16.3 Å². The summed E-state index contributed by atoms with van der Waals surface area (Å²) in [6.07, 6.45) is 2.04. The van der Waals surface area contributed by atoms with Gasteiger partial charge in [0.05, 0.1) is 6.61 Å². The van der Waals surface area contributed by atoms with Gasteiger partial charge < -0.3 is 19.9 Å². The number of hydrogen-bond donors (Lipinski definition) is 2. The normalized spacial score (nSPS) is 11.6. The average molecular weight is 296 g/mol. The van der Waals surface area contributed by atoms with Gasteiger partial charge in [-0.05, 0) is 24.7 Å². The summed E-state index contributed by atoms with van der Waals surface area (Å²) in [5.74, 6) is 0. The molecule has 4 nitrogen and oxygen atoms in total. The molecule has 0 aliphatic rings. The fourth-order valence-corrected chi connectivity index (χ4v) is 2.33. The van der Waals surface area contributed by atoms with Crippen LogP contribution in [0.25, 0.3) is 10.9 Å². The summed E-state index contributed by atoms with van der Waals surface area (Å²) in [4.78, 5) is 5.51. The van der Waals surface area contributed by atoms with E-state index in [-0.39, 0.29) is 0 Å². The van der Waals surface area contributed by atoms with Gasteiger partial charge >= 0.3 is 0 Å². The van der Waals surface area contributed by atoms with E-state index in [1.165, 1.54) is 10.9 Å². The first-order chi connectivity index (χ1) is 9.70. The summed E-state index contributed by atoms with van der Waals surface area (Å²) in [6, 6.07) is 5.95. The third kappa shape index (κ3) is 4.21. The lowest BCUT2D eigenvalue weighted by Crippen LogP contribution is -2.31. The van der Waals surface area contributed by atoms with Crippen LogP contribution < -0.4 is 5.32 Å². The highest BCUT2D eigenvalue weighted by Gasteiger charge is 2.04. The number of aromatic amines is 1. The SMILES string of the molecule is COCCN(C)CCNCc1c[nH]c2cc(Cl)ccc12. The van der Waals surface area contributed by atoms with Gasteiger partial charge in [0.1, 0.15) is 0 Å². The van der Waals surface area contributed by atoms with Crippen LogP contribution in [-0.2, 0) is 11.3 Å². The van der Waals surface area contributed by atoms with Gasteiger partial charge in [0.2, 0.25) is 0 Å². The Kier molecular flexibility index (Phi) is 5.86. The summed E-state index contributed by atoms with van der Waals surface area (Å²) < 4.78 is 5.06. The van der Waals surface area contributed by atoms with Crippen molar-refractivity contribution in [2.24, 2.45) is 0 Å². The highest BCUT2D eigenvalue weighted by Crippen LogP contribution is 2.21. The smallest absolute Gasteiger partial charge is 0.0589 e. The van der Waals surface area contributed by atoms with Crippen LogP contribution in [0.2, 0.25) is 5.02 Å². The van der Waals surface area contributed by atoms with Crippen LogP contribution >= 0.6 is 11.6 Å². The Bertz CT molecular complexity index is 541. The Morgan fingerprint density at radius 1 is 1.35 bits per heavy atom. The molecule has 1 aromatic heterocycles. The maximum absolute atomic E-state index is 5.98. The van der Waals surface area contributed by atoms with Gasteiger partial charge in [0, 0.05) is 55.4 Å². The van der Waals surface area contributed by atoms with Crippen molar-refractivity contribution in [3.8, 4) is 0 Å². The Balaban J connectivity index is 1.78. The first-order valence-corrected chi connectivity index (χ1v) is 7.22. The van der Waals surface area contributed by atoms with E-state index in [1.54, 1.807) is 7.11 Å². The van der Waals surface area contributed by atoms with Gasteiger partial charge in [-0.25, -0.2) is 0 Å². The molecule has 0 bridgehead atoms. The van der Waals surface area contributed by atoms with E-state index in [2.05, 4.69) is 28.3 Å². The topological polar surface area (TPSA) is 40.3 Å². The predicted molar refractivity (Wildman–Crippen MR) is 84.4 cm³/mol. The van der Waals surface area contributed by atoms with Crippen molar-refractivity contribution in [3.63, 3.8) is 0 Å². The van der Waals surface area contributed by atoms with Crippen molar-refractivity contribution in [1.82, 2.24) is 15.2 Å². The molecule has 5 heteroatoms. The lowest BCUT2D eigenvalue weighted by molar-refractivity contribution is 0.161. The number of nitrogens with zero attached hydrogens (tertiary/aromatic N) is 1. The molecule has 0 radical (unpaired) electrons. The summed E-state index contributed by atoms with van der Waals surface area (Å²) in [5, 5.41) is 5.46. The van der Waals surface area contributed by atoms with Crippen molar-refractivity contribution < 1.29 is 4.74 Å². The van der Waals surface area contributed by atoms with Crippen LogP contribution in [0.15, 0.2) is 24.4 Å². The van der Waals surface area contributed by atoms with E-state index in [1.807, 2.05) is 18.3 Å². The molecule has 1 heterocycles. The van der Waals surface area contributed by atoms with Crippen LogP contribution in [0.5, 0.6) is 0 Å². The molecule has 0 saturated heterocycles. The fourth-order valence-electron chi connectivity index (χ4n) is 2.16. The molecule has 2 rings (SSSR count). The molecule has 0 fully saturated rings. The molecule has 1 aromatic carbocycles. The van der Waals surface area contributed by atoms with E-state index >= 15 is 0 Å². The third-order valence-electron chi connectivity index (χ3n) is 3.39. The standard InChI is InChI=1S/C15H22ClN3O/c1-19(7-8-20-2)6-5-17-10-12-11-18-15-9-13(16)3-4-14(12)15/h3-4,9,11,17-18H,5-8,10H2,1-2H3. The highest BCUT2D eigenvalue weighted by atomic mass is 35.5. The Hall–Kier alpha value is -1.07. The highest BCUT2D eigenvalue weighted by molar-refractivity contribution is 6.31. The first kappa shape index (κ1) is 15.3. The molecule has 20 heavy (non-hydrogen) atoms. The number of nitrogens with one attached hydrogen (secondary N) is 2. The van der Waals surface area contributed by atoms with Gasteiger partial charge in [-0.2, -0.15) is 0 Å². The van der Waals surface area contributed by atoms with Crippen molar-refractivity contribution in [2.75, 3.05) is 40.4 Å². The molecule has 0 unspecified atom stereocenters. The van der Waals surface area contributed by atoms with Gasteiger partial charge in [-0.1, -0.05) is 17.7 Å². The van der Waals surface area contributed by atoms with E-state index in [0.29, 0.717) is 0 Å². The lowest BCUT2D eigenvalue weighted by atomic mass is 10.2. The molecule has 0 amide bonds. The van der Waals surface area contributed by atoms with Crippen LogP contribution in [0.3, 0.4) is 0 Å². The Morgan fingerprint density at radius 2 is 2.20 bits per heavy atom. The number of likely N-dealkylation sites (N-methyl/N-ethyl adjacent to an activating group) is 1. The first-order valence-electron chi connectivity index (χ1n) is 6.84. The number of methoxy groups -OCH3 is 1. The fraction of sp³-hybridized carbons (Fsp3) is 0.467. The quantitative estimate of drug-likeness (QED) is 0.735. The largest absolute Gasteiger partial charge is 0.383 e. The number of aromatic nitrogens is 1. The Morgan fingerprint density at radius 3 is 3.00 bits per heavy atom. The van der Waals surface area contributed by atoms with E-state index in [0.717, 1.165) is 43.3 Å². The molecule has 0 aliphatic heterocycles. The second-order valence-electron chi connectivity index (χ2n) is 4.98. The van der Waals surface area contributed by atoms with Gasteiger partial charge in [0.15, 0.2) is 0 Å². The maximum Gasteiger partial charge on any atom is 0.0589 e. The number of rotatable bonds is 8. The number of H-pyrrole nitrogens is 1. The van der Waals surface area contributed by atoms with Gasteiger partial charge in [-0.15, -0.1) is 0 Å². The van der Waals surface area contributed by atoms with Crippen LogP contribution in [-0.4, -0.2) is 50.3 Å². The predicted octanol–water partition coefficient (Wildman–Crippen LogP) is 2.49. The molecular formula is C15H22ClN3O. The molecule has 2 aromatic rings. The zero-order valence-electron chi connectivity index (χ0n) is 12.1. The van der Waals surface area contributed by atoms with Crippen molar-refractivity contribution in [2.45, 2.75) is 6.54 Å². The molecule has 110 valence electrons. The molecule has 0 saturated carbocycles. The number of fused-ring (bicyclic) bond motifs is 1. The third-order valence-corrected chi connectivity index (χ3v) is 3.63. The number of hydrogen-bond acceptors (Lipinski definition) is 3. The number of benzene rings is 1. The molecule has 2 N–H and O–H groups in total. The number of ether oxygens (including phenoxy) is 1. The van der Waals surface area contributed by atoms with E-state index in [9.17, 15) is 0 Å². The maximum atomic E-state index is 5.98. The summed E-state index contributed by atoms with van der Waals surface area (Å²) in [7, 11) is 3.84. The summed E-state index contributed by atoms with van der Waals surface area (Å²) in [5.41, 5.74) is 2.36. The van der Waals surface area contributed by atoms with Gasteiger partial charge in [0.25, 0.3) is 0 Å². The molecular weight excluding hydrogens is 274 g/mol. The van der Waals surface area contributed by atoms with E-state index < -0.39 is 0 Å². The van der Waals surface area contributed by atoms with Crippen LogP contribution in [0, 0.1) is 0 Å². The average Bonchev–Trinajstić information content (AvgIpc) is 2.83. The summed E-state index contributed by atoms with van der Waals surface area (Å²) in [6.45, 7) is 4.57. The molecule has 0 atom stereocenters. The zero-order valence-corrected chi connectivity index (χ0v) is 12.8. The minimum absolute atomic E-state index is 0.763. The van der Waals surface area contributed by atoms with Crippen LogP contribution in [0.1, 0.15) is 5.56 Å². The summed E-state index contributed by atoms with van der Waals surface area (Å²) >= 11 is 5.98. The van der Waals surface area contributed by atoms with Gasteiger partial charge in [-0.3, -0.25) is 0 Å². The zero-order chi connectivity index (χ0) is 14.4.